The highest BCUT2D eigenvalue weighted by atomic mass is 32.1. The van der Waals surface area contributed by atoms with Crippen molar-refractivity contribution in [1.29, 1.82) is 5.26 Å². The molecule has 318 valence electrons. The summed E-state index contributed by atoms with van der Waals surface area (Å²) >= 11 is 6.72. The number of hydrogen-bond acceptors (Lipinski definition) is 9. The van der Waals surface area contributed by atoms with Crippen LogP contribution >= 0.6 is 45.3 Å². The highest BCUT2D eigenvalue weighted by Crippen LogP contribution is 2.47. The fraction of sp³-hybridized carbons (Fsp3) is 0.231. The van der Waals surface area contributed by atoms with E-state index < -0.39 is 5.97 Å². The first-order valence-electron chi connectivity index (χ1n) is 21.6. The molecule has 5 aromatic heterocycles. The number of aromatic nitrogens is 1. The molecule has 0 bridgehead atoms. The Kier molecular flexibility index (Phi) is 12.9. The topological polar surface area (TPSA) is 87.7 Å². The third-order valence-electron chi connectivity index (χ3n) is 11.3. The zero-order valence-electron chi connectivity index (χ0n) is 35.3. The molecule has 0 aliphatic rings. The number of nitriles is 1. The van der Waals surface area contributed by atoms with Gasteiger partial charge in [0.2, 0.25) is 0 Å². The molecule has 0 amide bonds. The SMILES string of the molecule is CCCCCCOc1ccc(-n2c3cc(/C=C(/C#N)C(=O)O)sc3c3sc(-c4ccc(N(c5ccc6ccsc6c5)c5ccc6ccsc6c5)cc4)cc32)c(OCCCCCC)c1. The van der Waals surface area contributed by atoms with E-state index in [1.54, 1.807) is 34.0 Å². The molecule has 1 N–H and O–H groups in total. The number of benzene rings is 4. The Hall–Kier alpha value is -5.90. The summed E-state index contributed by atoms with van der Waals surface area (Å²) in [6.07, 6.45) is 10.3. The number of fused-ring (bicyclic) bond motifs is 5. The number of rotatable bonds is 19. The Bertz CT molecular complexity index is 3050. The summed E-state index contributed by atoms with van der Waals surface area (Å²) in [5, 5.41) is 26.1. The van der Waals surface area contributed by atoms with Crippen LogP contribution in [0.2, 0.25) is 0 Å². The maximum Gasteiger partial charge on any atom is 0.346 e. The van der Waals surface area contributed by atoms with Crippen molar-refractivity contribution < 1.29 is 19.4 Å². The minimum atomic E-state index is -1.24. The molecular weight excluding hydrogens is 859 g/mol. The van der Waals surface area contributed by atoms with Crippen molar-refractivity contribution in [3.63, 3.8) is 0 Å². The van der Waals surface area contributed by atoms with Gasteiger partial charge in [-0.2, -0.15) is 5.26 Å². The lowest BCUT2D eigenvalue weighted by Gasteiger charge is -2.26. The Morgan fingerprint density at radius 1 is 0.698 bits per heavy atom. The van der Waals surface area contributed by atoms with Crippen LogP contribution < -0.4 is 14.4 Å². The van der Waals surface area contributed by atoms with Gasteiger partial charge in [-0.3, -0.25) is 0 Å². The largest absolute Gasteiger partial charge is 0.493 e. The zero-order valence-corrected chi connectivity index (χ0v) is 38.5. The molecule has 0 aliphatic carbocycles. The number of ether oxygens (including phenoxy) is 2. The van der Waals surface area contributed by atoms with Crippen molar-refractivity contribution in [2.24, 2.45) is 0 Å². The van der Waals surface area contributed by atoms with Gasteiger partial charge in [-0.05, 0) is 119 Å². The van der Waals surface area contributed by atoms with Crippen LogP contribution in [0.15, 0.2) is 119 Å². The van der Waals surface area contributed by atoms with E-state index in [-0.39, 0.29) is 5.57 Å². The molecule has 0 unspecified atom stereocenters. The first-order valence-corrected chi connectivity index (χ1v) is 25.0. The van der Waals surface area contributed by atoms with Crippen molar-refractivity contribution in [2.75, 3.05) is 18.1 Å². The molecule has 0 fully saturated rings. The lowest BCUT2D eigenvalue weighted by Crippen LogP contribution is -2.09. The van der Waals surface area contributed by atoms with E-state index in [0.717, 1.165) is 104 Å². The lowest BCUT2D eigenvalue weighted by molar-refractivity contribution is -0.132. The van der Waals surface area contributed by atoms with Crippen LogP contribution in [0.1, 0.15) is 70.1 Å². The van der Waals surface area contributed by atoms with Crippen LogP contribution in [0.3, 0.4) is 0 Å². The van der Waals surface area contributed by atoms with Crippen LogP contribution in [0.5, 0.6) is 11.5 Å². The van der Waals surface area contributed by atoms with E-state index in [9.17, 15) is 15.2 Å². The summed E-state index contributed by atoms with van der Waals surface area (Å²) in [4.78, 5) is 16.0. The second kappa shape index (κ2) is 19.2. The zero-order chi connectivity index (χ0) is 43.3. The van der Waals surface area contributed by atoms with Crippen molar-refractivity contribution >= 4 is 115 Å². The molecule has 0 saturated carbocycles. The molecular formula is C52H47N3O4S4. The monoisotopic (exact) mass is 905 g/mol. The van der Waals surface area contributed by atoms with E-state index in [2.05, 4.69) is 119 Å². The van der Waals surface area contributed by atoms with Crippen LogP contribution in [0.4, 0.5) is 17.1 Å². The van der Waals surface area contributed by atoms with Gasteiger partial charge in [0.05, 0.1) is 39.3 Å². The number of carboxylic acid groups (broad SMARTS) is 1. The van der Waals surface area contributed by atoms with Crippen molar-refractivity contribution in [2.45, 2.75) is 65.2 Å². The number of hydrogen-bond donors (Lipinski definition) is 1. The molecule has 7 nitrogen and oxygen atoms in total. The predicted octanol–water partition coefficient (Wildman–Crippen LogP) is 16.4. The number of anilines is 3. The van der Waals surface area contributed by atoms with Gasteiger partial charge in [0.15, 0.2) is 0 Å². The molecule has 0 aliphatic heterocycles. The van der Waals surface area contributed by atoms with Gasteiger partial charge in [-0.1, -0.05) is 76.6 Å². The highest BCUT2D eigenvalue weighted by molar-refractivity contribution is 7.29. The van der Waals surface area contributed by atoms with Crippen molar-refractivity contribution in [1.82, 2.24) is 4.57 Å². The van der Waals surface area contributed by atoms with Gasteiger partial charge in [-0.25, -0.2) is 4.79 Å². The number of unbranched alkanes of at least 4 members (excludes halogenated alkanes) is 6. The Morgan fingerprint density at radius 3 is 1.95 bits per heavy atom. The summed E-state index contributed by atoms with van der Waals surface area (Å²) < 4.78 is 19.7. The summed E-state index contributed by atoms with van der Waals surface area (Å²) in [5.41, 5.74) is 6.92. The van der Waals surface area contributed by atoms with Gasteiger partial charge in [0.25, 0.3) is 0 Å². The minimum Gasteiger partial charge on any atom is -0.493 e. The first kappa shape index (κ1) is 42.4. The third-order valence-corrected chi connectivity index (χ3v) is 15.4. The molecule has 4 aromatic carbocycles. The van der Waals surface area contributed by atoms with E-state index in [1.807, 2.05) is 24.3 Å². The number of carbonyl (C=O) groups is 1. The predicted molar refractivity (Wildman–Crippen MR) is 268 cm³/mol. The summed E-state index contributed by atoms with van der Waals surface area (Å²) in [7, 11) is 0. The fourth-order valence-electron chi connectivity index (χ4n) is 8.03. The van der Waals surface area contributed by atoms with Crippen LogP contribution in [0.25, 0.3) is 62.8 Å². The average molecular weight is 906 g/mol. The molecule has 9 rings (SSSR count). The van der Waals surface area contributed by atoms with Crippen molar-refractivity contribution in [3.8, 4) is 33.7 Å². The van der Waals surface area contributed by atoms with Gasteiger partial charge in [0, 0.05) is 42.3 Å². The van der Waals surface area contributed by atoms with E-state index >= 15 is 0 Å². The summed E-state index contributed by atoms with van der Waals surface area (Å²) in [5.74, 6) is 0.270. The van der Waals surface area contributed by atoms with E-state index in [1.165, 1.54) is 50.4 Å². The second-order valence-corrected chi connectivity index (χ2v) is 19.6. The van der Waals surface area contributed by atoms with Gasteiger partial charge in [-0.15, -0.1) is 45.3 Å². The molecule has 0 spiro atoms. The van der Waals surface area contributed by atoms with Crippen LogP contribution in [-0.4, -0.2) is 28.9 Å². The van der Waals surface area contributed by atoms with Crippen LogP contribution in [-0.2, 0) is 4.79 Å². The molecule has 0 atom stereocenters. The normalized spacial score (nSPS) is 11.9. The molecule has 5 heterocycles. The van der Waals surface area contributed by atoms with Gasteiger partial charge >= 0.3 is 5.97 Å². The van der Waals surface area contributed by atoms with E-state index in [0.29, 0.717) is 18.1 Å². The van der Waals surface area contributed by atoms with Gasteiger partial charge < -0.3 is 24.0 Å². The Balaban J connectivity index is 1.13. The minimum absolute atomic E-state index is 0.301. The Labute approximate surface area is 383 Å². The third kappa shape index (κ3) is 9.00. The lowest BCUT2D eigenvalue weighted by atomic mass is 10.1. The quantitative estimate of drug-likeness (QED) is 0.0494. The molecule has 63 heavy (non-hydrogen) atoms. The van der Waals surface area contributed by atoms with Crippen molar-refractivity contribution in [3.05, 3.63) is 124 Å². The average Bonchev–Trinajstić information content (AvgIpc) is 4.15. The second-order valence-electron chi connectivity index (χ2n) is 15.6. The number of aliphatic carboxylic acids is 1. The number of nitrogens with zero attached hydrogens (tertiary/aromatic N) is 3. The van der Waals surface area contributed by atoms with Crippen LogP contribution in [0, 0.1) is 11.3 Å². The maximum atomic E-state index is 11.9. The fourth-order valence-corrected chi connectivity index (χ4v) is 12.1. The summed E-state index contributed by atoms with van der Waals surface area (Å²) in [6.45, 7) is 5.65. The number of thiophene rings is 4. The van der Waals surface area contributed by atoms with E-state index in [4.69, 9.17) is 9.47 Å². The summed E-state index contributed by atoms with van der Waals surface area (Å²) in [6, 6.07) is 38.7. The highest BCUT2D eigenvalue weighted by Gasteiger charge is 2.23. The smallest absolute Gasteiger partial charge is 0.346 e. The molecule has 11 heteroatoms. The first-order chi connectivity index (χ1) is 30.9. The standard InChI is InChI=1S/C52H47N3O4S4/c1-3-5-7-9-23-58-41-19-20-43(46(30-41)59-24-10-8-6-4-2)55-44-31-42(27-37(33-53)52(56)57)62-50(44)51-45(55)32-49(63-51)34-11-15-38(16-12-34)54(39-17-13-35-21-25-60-47(35)28-39)40-18-14-36-22-26-61-48(36)29-40/h11-22,25-32H,3-10,23-24H2,1-2H3,(H,56,57)/b37-27-. The van der Waals surface area contributed by atoms with Gasteiger partial charge in [0.1, 0.15) is 23.1 Å². The molecule has 0 saturated heterocycles. The molecule has 0 radical (unpaired) electrons. The molecule has 9 aromatic rings. The maximum absolute atomic E-state index is 11.9. The number of carboxylic acids is 1. The Morgan fingerprint density at radius 2 is 1.32 bits per heavy atom.